The topological polar surface area (TPSA) is 70.6 Å². The van der Waals surface area contributed by atoms with Gasteiger partial charge in [0, 0.05) is 19.7 Å². The quantitative estimate of drug-likeness (QED) is 0.536. The van der Waals surface area contributed by atoms with Gasteiger partial charge in [0.25, 0.3) is 0 Å². The monoisotopic (exact) mass is 232 g/mol. The van der Waals surface area contributed by atoms with Crippen LogP contribution in [0.4, 0.5) is 0 Å². The van der Waals surface area contributed by atoms with Gasteiger partial charge < -0.3 is 20.5 Å². The third kappa shape index (κ3) is 6.05. The number of nitrogens with one attached hydrogen (secondary N) is 2. The lowest BCUT2D eigenvalue weighted by molar-refractivity contribution is -0.123. The minimum Gasteiger partial charge on any atom is -0.389 e. The van der Waals surface area contributed by atoms with E-state index < -0.39 is 5.60 Å². The highest BCUT2D eigenvalue weighted by Crippen LogP contribution is 2.08. The zero-order chi connectivity index (χ0) is 12.8. The van der Waals surface area contributed by atoms with Crippen molar-refractivity contribution >= 4 is 5.91 Å². The minimum atomic E-state index is -0.846. The largest absolute Gasteiger partial charge is 0.389 e. The van der Waals surface area contributed by atoms with E-state index in [-0.39, 0.29) is 18.0 Å². The number of rotatable bonds is 7. The third-order valence-electron chi connectivity index (χ3n) is 2.56. The SMILES string of the molecule is COCCNC(=O)C(C)NC(C)C(C)(C)O. The van der Waals surface area contributed by atoms with Crippen LogP contribution in [-0.2, 0) is 9.53 Å². The highest BCUT2D eigenvalue weighted by molar-refractivity contribution is 5.81. The molecule has 0 rings (SSSR count). The molecule has 0 saturated heterocycles. The zero-order valence-corrected chi connectivity index (χ0v) is 10.8. The Kier molecular flexibility index (Phi) is 6.55. The predicted octanol–water partition coefficient (Wildman–Crippen LogP) is -0.113. The Morgan fingerprint density at radius 2 is 2.00 bits per heavy atom. The number of ether oxygens (including phenoxy) is 1. The van der Waals surface area contributed by atoms with Crippen molar-refractivity contribution in [3.8, 4) is 0 Å². The lowest BCUT2D eigenvalue weighted by atomic mass is 10.00. The smallest absolute Gasteiger partial charge is 0.236 e. The standard InChI is InChI=1S/C11H24N2O3/c1-8(10(14)12-6-7-16-5)13-9(2)11(3,4)15/h8-9,13,15H,6-7H2,1-5H3,(H,12,14). The summed E-state index contributed by atoms with van der Waals surface area (Å²) in [5, 5.41) is 15.5. The van der Waals surface area contributed by atoms with Gasteiger partial charge in [-0.3, -0.25) is 4.79 Å². The fraction of sp³-hybridized carbons (Fsp3) is 0.909. The van der Waals surface area contributed by atoms with E-state index in [1.807, 2.05) is 6.92 Å². The van der Waals surface area contributed by atoms with Gasteiger partial charge in [-0.1, -0.05) is 0 Å². The number of amides is 1. The lowest BCUT2D eigenvalue weighted by Gasteiger charge is -2.29. The van der Waals surface area contributed by atoms with Gasteiger partial charge in [0.05, 0.1) is 18.2 Å². The molecule has 0 aliphatic carbocycles. The second-order valence-corrected chi connectivity index (χ2v) is 4.55. The van der Waals surface area contributed by atoms with Crippen molar-refractivity contribution in [3.05, 3.63) is 0 Å². The molecule has 0 aliphatic rings. The van der Waals surface area contributed by atoms with Crippen LogP contribution in [0.25, 0.3) is 0 Å². The van der Waals surface area contributed by atoms with Gasteiger partial charge in [-0.05, 0) is 27.7 Å². The summed E-state index contributed by atoms with van der Waals surface area (Å²) in [6, 6.07) is -0.492. The average molecular weight is 232 g/mol. The van der Waals surface area contributed by atoms with Gasteiger partial charge in [0.15, 0.2) is 0 Å². The summed E-state index contributed by atoms with van der Waals surface area (Å²) in [6.45, 7) is 8.03. The molecular weight excluding hydrogens is 208 g/mol. The first-order chi connectivity index (χ1) is 7.29. The second kappa shape index (κ2) is 6.83. The molecule has 0 bridgehead atoms. The van der Waals surface area contributed by atoms with Gasteiger partial charge in [-0.15, -0.1) is 0 Å². The van der Waals surface area contributed by atoms with Gasteiger partial charge in [-0.25, -0.2) is 0 Å². The van der Waals surface area contributed by atoms with E-state index in [0.717, 1.165) is 0 Å². The molecule has 0 aromatic rings. The summed E-state index contributed by atoms with van der Waals surface area (Å²) < 4.78 is 4.83. The van der Waals surface area contributed by atoms with Crippen LogP contribution in [0.2, 0.25) is 0 Å². The van der Waals surface area contributed by atoms with Crippen LogP contribution in [-0.4, -0.2) is 49.0 Å². The van der Waals surface area contributed by atoms with Crippen molar-refractivity contribution in [2.24, 2.45) is 0 Å². The van der Waals surface area contributed by atoms with E-state index in [4.69, 9.17) is 4.74 Å². The van der Waals surface area contributed by atoms with Gasteiger partial charge in [0.1, 0.15) is 0 Å². The molecule has 5 nitrogen and oxygen atoms in total. The van der Waals surface area contributed by atoms with Crippen molar-refractivity contribution in [2.75, 3.05) is 20.3 Å². The fourth-order valence-electron chi connectivity index (χ4n) is 1.08. The molecule has 96 valence electrons. The summed E-state index contributed by atoms with van der Waals surface area (Å²) in [6.07, 6.45) is 0. The number of hydrogen-bond acceptors (Lipinski definition) is 4. The third-order valence-corrected chi connectivity index (χ3v) is 2.56. The molecule has 2 unspecified atom stereocenters. The van der Waals surface area contributed by atoms with Gasteiger partial charge in [0.2, 0.25) is 5.91 Å². The number of carbonyl (C=O) groups is 1. The average Bonchev–Trinajstić information content (AvgIpc) is 2.16. The molecule has 0 radical (unpaired) electrons. The minimum absolute atomic E-state index is 0.0897. The number of hydrogen-bond donors (Lipinski definition) is 3. The maximum atomic E-state index is 11.6. The van der Waals surface area contributed by atoms with E-state index in [1.165, 1.54) is 0 Å². The van der Waals surface area contributed by atoms with Crippen molar-refractivity contribution in [2.45, 2.75) is 45.4 Å². The maximum absolute atomic E-state index is 11.6. The van der Waals surface area contributed by atoms with Crippen LogP contribution in [0, 0.1) is 0 Å². The highest BCUT2D eigenvalue weighted by Gasteiger charge is 2.25. The predicted molar refractivity (Wildman–Crippen MR) is 63.2 cm³/mol. The lowest BCUT2D eigenvalue weighted by Crippen LogP contribution is -2.53. The molecule has 3 N–H and O–H groups in total. The van der Waals surface area contributed by atoms with Crippen molar-refractivity contribution in [3.63, 3.8) is 0 Å². The van der Waals surface area contributed by atoms with Crippen molar-refractivity contribution in [1.82, 2.24) is 10.6 Å². The van der Waals surface area contributed by atoms with E-state index in [9.17, 15) is 9.90 Å². The summed E-state index contributed by atoms with van der Waals surface area (Å²) >= 11 is 0. The first-order valence-corrected chi connectivity index (χ1v) is 5.54. The Hall–Kier alpha value is -0.650. The van der Waals surface area contributed by atoms with Crippen LogP contribution in [0.3, 0.4) is 0 Å². The van der Waals surface area contributed by atoms with E-state index in [0.29, 0.717) is 13.2 Å². The Bertz CT molecular complexity index is 214. The Labute approximate surface area is 97.6 Å². The molecule has 0 saturated carbocycles. The summed E-state index contributed by atoms with van der Waals surface area (Å²) in [4.78, 5) is 11.6. The van der Waals surface area contributed by atoms with Crippen LogP contribution < -0.4 is 10.6 Å². The Balaban J connectivity index is 3.96. The fourth-order valence-corrected chi connectivity index (χ4v) is 1.08. The highest BCUT2D eigenvalue weighted by atomic mass is 16.5. The van der Waals surface area contributed by atoms with Crippen molar-refractivity contribution < 1.29 is 14.6 Å². The van der Waals surface area contributed by atoms with Gasteiger partial charge >= 0.3 is 0 Å². The summed E-state index contributed by atoms with van der Waals surface area (Å²) in [5.41, 5.74) is -0.846. The zero-order valence-electron chi connectivity index (χ0n) is 10.8. The van der Waals surface area contributed by atoms with Crippen LogP contribution >= 0.6 is 0 Å². The van der Waals surface area contributed by atoms with Crippen molar-refractivity contribution in [1.29, 1.82) is 0 Å². The molecule has 5 heteroatoms. The molecule has 2 atom stereocenters. The van der Waals surface area contributed by atoms with Crippen LogP contribution in [0.15, 0.2) is 0 Å². The molecule has 16 heavy (non-hydrogen) atoms. The molecular formula is C11H24N2O3. The molecule has 0 aliphatic heterocycles. The van der Waals surface area contributed by atoms with E-state index >= 15 is 0 Å². The molecule has 0 aromatic heterocycles. The molecule has 1 amide bonds. The number of aliphatic hydroxyl groups is 1. The van der Waals surface area contributed by atoms with Crippen LogP contribution in [0.1, 0.15) is 27.7 Å². The normalized spacial score (nSPS) is 15.6. The molecule has 0 aromatic carbocycles. The summed E-state index contributed by atoms with van der Waals surface area (Å²) in [5.74, 6) is -0.0897. The van der Waals surface area contributed by atoms with Crippen LogP contribution in [0.5, 0.6) is 0 Å². The number of carbonyl (C=O) groups excluding carboxylic acids is 1. The summed E-state index contributed by atoms with van der Waals surface area (Å²) in [7, 11) is 1.59. The number of methoxy groups -OCH3 is 1. The molecule has 0 spiro atoms. The first-order valence-electron chi connectivity index (χ1n) is 5.54. The Morgan fingerprint density at radius 3 is 2.44 bits per heavy atom. The first kappa shape index (κ1) is 15.3. The maximum Gasteiger partial charge on any atom is 0.236 e. The molecule has 0 heterocycles. The molecule has 0 fully saturated rings. The van der Waals surface area contributed by atoms with E-state index in [1.54, 1.807) is 27.9 Å². The van der Waals surface area contributed by atoms with Gasteiger partial charge in [-0.2, -0.15) is 0 Å². The van der Waals surface area contributed by atoms with E-state index in [2.05, 4.69) is 10.6 Å². The second-order valence-electron chi connectivity index (χ2n) is 4.55. The Morgan fingerprint density at radius 1 is 1.44 bits per heavy atom.